The van der Waals surface area contributed by atoms with Gasteiger partial charge in [-0.25, -0.2) is 4.39 Å². The summed E-state index contributed by atoms with van der Waals surface area (Å²) in [6, 6.07) is 4.53. The second-order valence-corrected chi connectivity index (χ2v) is 6.63. The molecule has 1 aromatic carbocycles. The topological polar surface area (TPSA) is 58.4 Å². The van der Waals surface area contributed by atoms with Crippen LogP contribution in [0.15, 0.2) is 22.7 Å². The number of likely N-dealkylation sites (N-methyl/N-ethyl adjacent to an activating group) is 1. The van der Waals surface area contributed by atoms with Crippen LogP contribution in [0.3, 0.4) is 0 Å². The lowest BCUT2D eigenvalue weighted by atomic mass is 9.93. The third kappa shape index (κ3) is 7.22. The monoisotopic (exact) mass is 381 g/mol. The molecule has 0 spiro atoms. The van der Waals surface area contributed by atoms with Crippen LogP contribution in [-0.2, 0) is 4.79 Å². The minimum Gasteiger partial charge on any atom is -0.330 e. The van der Waals surface area contributed by atoms with Crippen LogP contribution in [0, 0.1) is 11.2 Å². The molecular formula is C14H22BrClFN3O. The lowest BCUT2D eigenvalue weighted by Crippen LogP contribution is -2.40. The molecule has 0 aliphatic carbocycles. The summed E-state index contributed by atoms with van der Waals surface area (Å²) >= 11 is 3.17. The molecular weight excluding hydrogens is 361 g/mol. The molecule has 1 rings (SSSR count). The Labute approximate surface area is 139 Å². The summed E-state index contributed by atoms with van der Waals surface area (Å²) in [5.41, 5.74) is 5.79. The van der Waals surface area contributed by atoms with Crippen LogP contribution in [0.5, 0.6) is 0 Å². The summed E-state index contributed by atoms with van der Waals surface area (Å²) in [4.78, 5) is 13.7. The van der Waals surface area contributed by atoms with Gasteiger partial charge in [0.05, 0.1) is 12.2 Å². The first-order valence-corrected chi connectivity index (χ1v) is 7.16. The van der Waals surface area contributed by atoms with E-state index in [0.29, 0.717) is 17.6 Å². The molecule has 0 unspecified atom stereocenters. The van der Waals surface area contributed by atoms with Crippen molar-refractivity contribution in [2.45, 2.75) is 13.8 Å². The van der Waals surface area contributed by atoms with Gasteiger partial charge >= 0.3 is 0 Å². The van der Waals surface area contributed by atoms with Gasteiger partial charge in [0, 0.05) is 11.0 Å². The fourth-order valence-corrected chi connectivity index (χ4v) is 2.21. The van der Waals surface area contributed by atoms with E-state index in [2.05, 4.69) is 21.2 Å². The van der Waals surface area contributed by atoms with E-state index >= 15 is 0 Å². The molecule has 4 nitrogen and oxygen atoms in total. The van der Waals surface area contributed by atoms with Gasteiger partial charge in [0.15, 0.2) is 0 Å². The minimum absolute atomic E-state index is 0. The number of carbonyl (C=O) groups excluding carboxylic acids is 1. The van der Waals surface area contributed by atoms with Crippen LogP contribution in [-0.4, -0.2) is 37.5 Å². The molecule has 0 atom stereocenters. The fraction of sp³-hybridized carbons (Fsp3) is 0.500. The Morgan fingerprint density at radius 2 is 2.10 bits per heavy atom. The van der Waals surface area contributed by atoms with Gasteiger partial charge in [0.1, 0.15) is 5.82 Å². The number of amides is 1. The first-order valence-electron chi connectivity index (χ1n) is 6.37. The molecule has 0 aliphatic rings. The maximum Gasteiger partial charge on any atom is 0.238 e. The highest BCUT2D eigenvalue weighted by Gasteiger charge is 2.19. The van der Waals surface area contributed by atoms with E-state index in [1.807, 2.05) is 25.8 Å². The Morgan fingerprint density at radius 3 is 2.62 bits per heavy atom. The highest BCUT2D eigenvalue weighted by Crippen LogP contribution is 2.19. The Bertz CT molecular complexity index is 485. The molecule has 120 valence electrons. The van der Waals surface area contributed by atoms with Crippen molar-refractivity contribution in [3.8, 4) is 0 Å². The number of benzene rings is 1. The molecule has 21 heavy (non-hydrogen) atoms. The quantitative estimate of drug-likeness (QED) is 0.795. The molecule has 0 aromatic heterocycles. The van der Waals surface area contributed by atoms with E-state index in [1.54, 1.807) is 6.07 Å². The lowest BCUT2D eigenvalue weighted by Gasteiger charge is -2.28. The molecule has 0 bridgehead atoms. The smallest absolute Gasteiger partial charge is 0.238 e. The normalized spacial score (nSPS) is 11.2. The van der Waals surface area contributed by atoms with Gasteiger partial charge in [-0.2, -0.15) is 0 Å². The van der Waals surface area contributed by atoms with Crippen LogP contribution in [0.2, 0.25) is 0 Å². The van der Waals surface area contributed by atoms with Crippen molar-refractivity contribution < 1.29 is 9.18 Å². The SMILES string of the molecule is CN(CC(=O)Nc1ccc(Br)cc1F)CC(C)(C)CN.Cl. The molecule has 0 fully saturated rings. The zero-order valence-electron chi connectivity index (χ0n) is 12.5. The van der Waals surface area contributed by atoms with Crippen molar-refractivity contribution in [1.29, 1.82) is 0 Å². The first kappa shape index (κ1) is 20.3. The first-order chi connectivity index (χ1) is 9.23. The zero-order valence-corrected chi connectivity index (χ0v) is 14.9. The van der Waals surface area contributed by atoms with Crippen LogP contribution >= 0.6 is 28.3 Å². The highest BCUT2D eigenvalue weighted by molar-refractivity contribution is 9.10. The molecule has 0 radical (unpaired) electrons. The Morgan fingerprint density at radius 1 is 1.48 bits per heavy atom. The van der Waals surface area contributed by atoms with E-state index in [0.717, 1.165) is 0 Å². The maximum atomic E-state index is 13.6. The van der Waals surface area contributed by atoms with Crippen LogP contribution in [0.4, 0.5) is 10.1 Å². The number of carbonyl (C=O) groups is 1. The molecule has 0 saturated carbocycles. The van der Waals surface area contributed by atoms with Gasteiger partial charge < -0.3 is 11.1 Å². The van der Waals surface area contributed by atoms with E-state index in [-0.39, 0.29) is 36.0 Å². The average Bonchev–Trinajstić information content (AvgIpc) is 2.32. The van der Waals surface area contributed by atoms with Crippen molar-refractivity contribution in [3.63, 3.8) is 0 Å². The zero-order chi connectivity index (χ0) is 15.3. The summed E-state index contributed by atoms with van der Waals surface area (Å²) < 4.78 is 14.2. The third-order valence-electron chi connectivity index (χ3n) is 2.87. The number of anilines is 1. The second kappa shape index (κ2) is 8.68. The summed E-state index contributed by atoms with van der Waals surface area (Å²) in [5.74, 6) is -0.709. The molecule has 1 amide bonds. The van der Waals surface area contributed by atoms with E-state index in [9.17, 15) is 9.18 Å². The number of halogens is 3. The van der Waals surface area contributed by atoms with Crippen molar-refractivity contribution in [1.82, 2.24) is 4.90 Å². The van der Waals surface area contributed by atoms with Crippen LogP contribution < -0.4 is 11.1 Å². The number of nitrogens with two attached hydrogens (primary N) is 1. The molecule has 0 saturated heterocycles. The van der Waals surface area contributed by atoms with Crippen LogP contribution in [0.1, 0.15) is 13.8 Å². The number of nitrogens with one attached hydrogen (secondary N) is 1. The van der Waals surface area contributed by atoms with E-state index in [4.69, 9.17) is 5.73 Å². The molecule has 0 aliphatic heterocycles. The van der Waals surface area contributed by atoms with Gasteiger partial charge in [-0.05, 0) is 37.2 Å². The largest absolute Gasteiger partial charge is 0.330 e. The molecule has 0 heterocycles. The Hall–Kier alpha value is -0.690. The highest BCUT2D eigenvalue weighted by atomic mass is 79.9. The standard InChI is InChI=1S/C14H21BrFN3O.ClH/c1-14(2,8-17)9-19(3)7-13(20)18-12-5-4-10(15)6-11(12)16;/h4-6H,7-9,17H2,1-3H3,(H,18,20);1H. The van der Waals surface area contributed by atoms with Gasteiger partial charge in [-0.1, -0.05) is 29.8 Å². The Kier molecular flexibility index (Phi) is 8.39. The summed E-state index contributed by atoms with van der Waals surface area (Å²) in [5, 5.41) is 2.56. The van der Waals surface area contributed by atoms with Crippen molar-refractivity contribution in [3.05, 3.63) is 28.5 Å². The molecule has 3 N–H and O–H groups in total. The Balaban J connectivity index is 0.00000400. The summed E-state index contributed by atoms with van der Waals surface area (Å²) in [6.45, 7) is 5.50. The third-order valence-corrected chi connectivity index (χ3v) is 3.36. The van der Waals surface area contributed by atoms with Gasteiger partial charge in [0.25, 0.3) is 0 Å². The number of hydrogen-bond acceptors (Lipinski definition) is 3. The molecule has 7 heteroatoms. The molecule has 1 aromatic rings. The van der Waals surface area contributed by atoms with Gasteiger partial charge in [0.2, 0.25) is 5.91 Å². The minimum atomic E-state index is -0.460. The fourth-order valence-electron chi connectivity index (χ4n) is 1.88. The second-order valence-electron chi connectivity index (χ2n) is 5.71. The number of rotatable bonds is 6. The predicted molar refractivity (Wildman–Crippen MR) is 90.3 cm³/mol. The van der Waals surface area contributed by atoms with Crippen molar-refractivity contribution in [2.75, 3.05) is 32.0 Å². The summed E-state index contributed by atoms with van der Waals surface area (Å²) in [6.07, 6.45) is 0. The lowest BCUT2D eigenvalue weighted by molar-refractivity contribution is -0.117. The van der Waals surface area contributed by atoms with Crippen molar-refractivity contribution in [2.24, 2.45) is 11.1 Å². The van der Waals surface area contributed by atoms with E-state index < -0.39 is 5.82 Å². The average molecular weight is 383 g/mol. The predicted octanol–water partition coefficient (Wildman–Crippen LogP) is 2.87. The summed E-state index contributed by atoms with van der Waals surface area (Å²) in [7, 11) is 1.84. The van der Waals surface area contributed by atoms with Crippen molar-refractivity contribution >= 4 is 39.9 Å². The maximum absolute atomic E-state index is 13.6. The number of hydrogen-bond donors (Lipinski definition) is 2. The van der Waals surface area contributed by atoms with Crippen LogP contribution in [0.25, 0.3) is 0 Å². The van der Waals surface area contributed by atoms with E-state index in [1.165, 1.54) is 12.1 Å². The van der Waals surface area contributed by atoms with Gasteiger partial charge in [-0.3, -0.25) is 9.69 Å². The van der Waals surface area contributed by atoms with Gasteiger partial charge in [-0.15, -0.1) is 12.4 Å². The number of nitrogens with zero attached hydrogens (tertiary/aromatic N) is 1.